The number of nitrogens with one attached hydrogen (secondary N) is 1. The lowest BCUT2D eigenvalue weighted by atomic mass is 9.82. The summed E-state index contributed by atoms with van der Waals surface area (Å²) in [5.74, 6) is 1.25. The fourth-order valence-corrected chi connectivity index (χ4v) is 3.09. The Morgan fingerprint density at radius 1 is 1.44 bits per heavy atom. The summed E-state index contributed by atoms with van der Waals surface area (Å²) in [6, 6.07) is 0. The molecule has 0 aliphatic carbocycles. The molecule has 0 spiro atoms. The van der Waals surface area contributed by atoms with Crippen molar-refractivity contribution in [1.29, 1.82) is 0 Å². The van der Waals surface area contributed by atoms with Crippen LogP contribution in [0.25, 0.3) is 0 Å². The Morgan fingerprint density at radius 2 is 2.06 bits per heavy atom. The second-order valence-electron chi connectivity index (χ2n) is 4.79. The third-order valence-corrected chi connectivity index (χ3v) is 4.19. The average Bonchev–Trinajstić information content (AvgIpc) is 2.54. The van der Waals surface area contributed by atoms with Gasteiger partial charge in [-0.3, -0.25) is 4.68 Å². The van der Waals surface area contributed by atoms with Crippen molar-refractivity contribution in [3.05, 3.63) is 16.4 Å². The van der Waals surface area contributed by atoms with Gasteiger partial charge in [-0.1, -0.05) is 18.5 Å². The van der Waals surface area contributed by atoms with Gasteiger partial charge in [0.1, 0.15) is 5.15 Å². The number of hydrogen-bond donors (Lipinski definition) is 1. The number of piperidine rings is 1. The third-order valence-electron chi connectivity index (χ3n) is 3.74. The van der Waals surface area contributed by atoms with Crippen LogP contribution in [-0.2, 0) is 7.05 Å². The molecule has 0 aromatic carbocycles. The SMILES string of the molecule is Cc1nn(C)c(Cl)c1C(C)C1CCNCC1. The number of aryl methyl sites for hydroxylation is 2. The standard InChI is InChI=1S/C12H20ClN3/c1-8(10-4-6-14-7-5-10)11-9(2)15-16(3)12(11)13/h8,10,14H,4-7H2,1-3H3. The molecule has 1 saturated heterocycles. The Kier molecular flexibility index (Phi) is 3.55. The number of halogens is 1. The van der Waals surface area contributed by atoms with Gasteiger partial charge in [0.05, 0.1) is 5.69 Å². The quantitative estimate of drug-likeness (QED) is 0.862. The summed E-state index contributed by atoms with van der Waals surface area (Å²) in [6.07, 6.45) is 2.48. The third kappa shape index (κ3) is 2.11. The minimum atomic E-state index is 0.517. The Hall–Kier alpha value is -0.540. The van der Waals surface area contributed by atoms with Crippen LogP contribution in [0.3, 0.4) is 0 Å². The van der Waals surface area contributed by atoms with Crippen LogP contribution in [-0.4, -0.2) is 22.9 Å². The molecular formula is C12H20ClN3. The molecule has 1 atom stereocenters. The van der Waals surface area contributed by atoms with E-state index in [1.54, 1.807) is 4.68 Å². The first-order valence-corrected chi connectivity index (χ1v) is 6.38. The summed E-state index contributed by atoms with van der Waals surface area (Å²) in [5, 5.41) is 8.61. The second-order valence-corrected chi connectivity index (χ2v) is 5.15. The normalized spacial score (nSPS) is 20.0. The van der Waals surface area contributed by atoms with Gasteiger partial charge < -0.3 is 5.32 Å². The van der Waals surface area contributed by atoms with Crippen LogP contribution in [0.4, 0.5) is 0 Å². The van der Waals surface area contributed by atoms with Crippen molar-refractivity contribution in [3.8, 4) is 0 Å². The fraction of sp³-hybridized carbons (Fsp3) is 0.750. The molecule has 4 heteroatoms. The molecule has 3 nitrogen and oxygen atoms in total. The van der Waals surface area contributed by atoms with Crippen molar-refractivity contribution in [2.45, 2.75) is 32.6 Å². The van der Waals surface area contributed by atoms with Gasteiger partial charge in [-0.15, -0.1) is 0 Å². The molecule has 1 aliphatic rings. The Balaban J connectivity index is 2.22. The molecule has 1 unspecified atom stereocenters. The lowest BCUT2D eigenvalue weighted by molar-refractivity contribution is 0.330. The number of rotatable bonds is 2. The highest BCUT2D eigenvalue weighted by Gasteiger charge is 2.26. The van der Waals surface area contributed by atoms with Crippen molar-refractivity contribution < 1.29 is 0 Å². The lowest BCUT2D eigenvalue weighted by Crippen LogP contribution is -2.30. The molecule has 1 N–H and O–H groups in total. The van der Waals surface area contributed by atoms with Crippen molar-refractivity contribution in [2.75, 3.05) is 13.1 Å². The number of hydrogen-bond acceptors (Lipinski definition) is 2. The van der Waals surface area contributed by atoms with Crippen LogP contribution in [0.1, 0.15) is 36.9 Å². The van der Waals surface area contributed by atoms with Crippen molar-refractivity contribution in [1.82, 2.24) is 15.1 Å². The van der Waals surface area contributed by atoms with Crippen molar-refractivity contribution in [3.63, 3.8) is 0 Å². The minimum Gasteiger partial charge on any atom is -0.317 e. The predicted molar refractivity (Wildman–Crippen MR) is 67.0 cm³/mol. The van der Waals surface area contributed by atoms with Gasteiger partial charge in [-0.25, -0.2) is 0 Å². The van der Waals surface area contributed by atoms with Crippen LogP contribution in [0.2, 0.25) is 5.15 Å². The van der Waals surface area contributed by atoms with Gasteiger partial charge in [0.2, 0.25) is 0 Å². The predicted octanol–water partition coefficient (Wildman–Crippen LogP) is 2.49. The first-order valence-electron chi connectivity index (χ1n) is 6.01. The van der Waals surface area contributed by atoms with E-state index in [4.69, 9.17) is 11.6 Å². The molecule has 1 aromatic heterocycles. The Labute approximate surface area is 102 Å². The fourth-order valence-electron chi connectivity index (χ4n) is 2.74. The van der Waals surface area contributed by atoms with E-state index in [2.05, 4.69) is 24.3 Å². The van der Waals surface area contributed by atoms with Crippen LogP contribution in [0, 0.1) is 12.8 Å². The highest BCUT2D eigenvalue weighted by Crippen LogP contribution is 2.35. The van der Waals surface area contributed by atoms with Gasteiger partial charge in [-0.05, 0) is 44.7 Å². The Morgan fingerprint density at radius 3 is 2.56 bits per heavy atom. The molecule has 0 radical (unpaired) electrons. The summed E-state index contributed by atoms with van der Waals surface area (Å²) < 4.78 is 1.78. The maximum atomic E-state index is 6.31. The van der Waals surface area contributed by atoms with Crippen molar-refractivity contribution >= 4 is 11.6 Å². The highest BCUT2D eigenvalue weighted by molar-refractivity contribution is 6.30. The number of nitrogens with zero attached hydrogens (tertiary/aromatic N) is 2. The number of aromatic nitrogens is 2. The molecule has 2 rings (SSSR count). The van der Waals surface area contributed by atoms with E-state index < -0.39 is 0 Å². The smallest absolute Gasteiger partial charge is 0.130 e. The molecule has 0 amide bonds. The summed E-state index contributed by atoms with van der Waals surface area (Å²) in [6.45, 7) is 6.60. The van der Waals surface area contributed by atoms with E-state index in [1.165, 1.54) is 18.4 Å². The average molecular weight is 242 g/mol. The summed E-state index contributed by atoms with van der Waals surface area (Å²) in [4.78, 5) is 0. The van der Waals surface area contributed by atoms with Crippen molar-refractivity contribution in [2.24, 2.45) is 13.0 Å². The molecule has 1 aromatic rings. The molecule has 90 valence electrons. The second kappa shape index (κ2) is 4.76. The molecule has 0 saturated carbocycles. The molecule has 2 heterocycles. The summed E-state index contributed by atoms with van der Waals surface area (Å²) >= 11 is 6.31. The van der Waals surface area contributed by atoms with E-state index in [1.807, 2.05) is 7.05 Å². The van der Waals surface area contributed by atoms with E-state index >= 15 is 0 Å². The monoisotopic (exact) mass is 241 g/mol. The zero-order valence-corrected chi connectivity index (χ0v) is 11.0. The largest absolute Gasteiger partial charge is 0.317 e. The zero-order chi connectivity index (χ0) is 11.7. The van der Waals surface area contributed by atoms with Gasteiger partial charge in [0, 0.05) is 12.6 Å². The Bertz CT molecular complexity index is 367. The van der Waals surface area contributed by atoms with Crippen LogP contribution < -0.4 is 5.32 Å². The van der Waals surface area contributed by atoms with E-state index in [0.29, 0.717) is 5.92 Å². The topological polar surface area (TPSA) is 29.9 Å². The maximum absolute atomic E-state index is 6.31. The van der Waals surface area contributed by atoms with Gasteiger partial charge in [-0.2, -0.15) is 5.10 Å². The maximum Gasteiger partial charge on any atom is 0.130 e. The lowest BCUT2D eigenvalue weighted by Gasteiger charge is -2.28. The summed E-state index contributed by atoms with van der Waals surface area (Å²) in [7, 11) is 1.91. The van der Waals surface area contributed by atoms with Gasteiger partial charge >= 0.3 is 0 Å². The summed E-state index contributed by atoms with van der Waals surface area (Å²) in [5.41, 5.74) is 2.33. The van der Waals surface area contributed by atoms with E-state index in [0.717, 1.165) is 29.9 Å². The molecule has 16 heavy (non-hydrogen) atoms. The van der Waals surface area contributed by atoms with E-state index in [9.17, 15) is 0 Å². The molecular weight excluding hydrogens is 222 g/mol. The van der Waals surface area contributed by atoms with Crippen LogP contribution in [0.5, 0.6) is 0 Å². The van der Waals surface area contributed by atoms with Crippen LogP contribution >= 0.6 is 11.6 Å². The molecule has 1 aliphatic heterocycles. The molecule has 0 bridgehead atoms. The van der Waals surface area contributed by atoms with Gasteiger partial charge in [0.15, 0.2) is 0 Å². The van der Waals surface area contributed by atoms with Crippen LogP contribution in [0.15, 0.2) is 0 Å². The zero-order valence-electron chi connectivity index (χ0n) is 10.3. The van der Waals surface area contributed by atoms with E-state index in [-0.39, 0.29) is 0 Å². The highest BCUT2D eigenvalue weighted by atomic mass is 35.5. The molecule has 1 fully saturated rings. The first kappa shape index (κ1) is 11.9. The minimum absolute atomic E-state index is 0.517. The first-order chi connectivity index (χ1) is 7.61. The van der Waals surface area contributed by atoms with Gasteiger partial charge in [0.25, 0.3) is 0 Å².